The Labute approximate surface area is 105 Å². The molecule has 94 valence electrons. The van der Waals surface area contributed by atoms with E-state index in [1.165, 1.54) is 10.8 Å². The van der Waals surface area contributed by atoms with Gasteiger partial charge in [-0.3, -0.25) is 14.3 Å². The molecule has 17 heavy (non-hydrogen) atoms. The summed E-state index contributed by atoms with van der Waals surface area (Å²) < 4.78 is 7.16. The minimum atomic E-state index is -0.481. The lowest BCUT2D eigenvalue weighted by atomic mass is 10.0. The minimum absolute atomic E-state index is 0.0942. The highest BCUT2D eigenvalue weighted by molar-refractivity contribution is 9.10. The Balaban J connectivity index is 2.22. The smallest absolute Gasteiger partial charge is 0.330 e. The van der Waals surface area contributed by atoms with E-state index in [1.54, 1.807) is 0 Å². The van der Waals surface area contributed by atoms with Crippen LogP contribution in [-0.2, 0) is 4.74 Å². The number of aliphatic hydroxyl groups excluding tert-OH is 1. The van der Waals surface area contributed by atoms with Crippen molar-refractivity contribution < 1.29 is 9.84 Å². The van der Waals surface area contributed by atoms with Gasteiger partial charge in [0.15, 0.2) is 0 Å². The molecule has 2 rings (SSSR count). The summed E-state index contributed by atoms with van der Waals surface area (Å²) in [4.78, 5) is 25.0. The second-order valence-corrected chi connectivity index (χ2v) is 4.91. The van der Waals surface area contributed by atoms with E-state index >= 15 is 0 Å². The number of rotatable bonds is 2. The highest BCUT2D eigenvalue weighted by Gasteiger charge is 2.23. The van der Waals surface area contributed by atoms with Crippen LogP contribution >= 0.6 is 15.9 Å². The Morgan fingerprint density at radius 2 is 2.29 bits per heavy atom. The number of nitrogens with zero attached hydrogens (tertiary/aromatic N) is 1. The number of aromatic amines is 1. The number of ether oxygens (including phenoxy) is 1. The Morgan fingerprint density at radius 3 is 2.88 bits per heavy atom. The number of H-pyrrole nitrogens is 1. The molecule has 2 atom stereocenters. The molecule has 1 aliphatic heterocycles. The quantitative estimate of drug-likeness (QED) is 0.818. The molecular weight excluding hydrogens is 292 g/mol. The molecule has 0 saturated carbocycles. The van der Waals surface area contributed by atoms with Gasteiger partial charge in [-0.2, -0.15) is 0 Å². The predicted octanol–water partition coefficient (Wildman–Crippen LogP) is 0.217. The molecule has 2 N–H and O–H groups in total. The van der Waals surface area contributed by atoms with Crippen LogP contribution in [-0.4, -0.2) is 27.9 Å². The van der Waals surface area contributed by atoms with Crippen LogP contribution in [0.25, 0.3) is 0 Å². The number of aromatic nitrogens is 2. The summed E-state index contributed by atoms with van der Waals surface area (Å²) in [6.07, 6.45) is 2.50. The Kier molecular flexibility index (Phi) is 3.80. The molecule has 1 aromatic heterocycles. The van der Waals surface area contributed by atoms with E-state index in [1.807, 2.05) is 0 Å². The third-order valence-corrected chi connectivity index (χ3v) is 3.40. The zero-order chi connectivity index (χ0) is 12.4. The van der Waals surface area contributed by atoms with Crippen LogP contribution in [0.3, 0.4) is 0 Å². The highest BCUT2D eigenvalue weighted by Crippen LogP contribution is 2.24. The normalized spacial score (nSPS) is 24.8. The standard InChI is InChI=1S/C10H13BrN2O4/c11-7-3-13(10(16)12-9(7)15)8-2-1-6(4-14)5-17-8/h3,6,8,14H,1-2,4-5H2,(H,12,15,16). The van der Waals surface area contributed by atoms with Crippen LogP contribution in [0.1, 0.15) is 19.1 Å². The summed E-state index contributed by atoms with van der Waals surface area (Å²) in [5.41, 5.74) is -0.930. The summed E-state index contributed by atoms with van der Waals surface area (Å²) in [6.45, 7) is 0.515. The van der Waals surface area contributed by atoms with Crippen molar-refractivity contribution in [1.82, 2.24) is 9.55 Å². The third kappa shape index (κ3) is 2.67. The molecule has 1 fully saturated rings. The molecule has 0 spiro atoms. The first-order valence-corrected chi connectivity index (χ1v) is 6.14. The van der Waals surface area contributed by atoms with E-state index in [-0.39, 0.29) is 18.8 Å². The molecule has 1 aromatic rings. The molecule has 0 bridgehead atoms. The van der Waals surface area contributed by atoms with Crippen molar-refractivity contribution >= 4 is 15.9 Å². The maximum atomic E-state index is 11.6. The lowest BCUT2D eigenvalue weighted by Gasteiger charge is -2.28. The molecule has 0 aromatic carbocycles. The fourth-order valence-electron chi connectivity index (χ4n) is 1.83. The summed E-state index contributed by atoms with van der Waals surface area (Å²) in [5.74, 6) is 0.133. The van der Waals surface area contributed by atoms with Crippen LogP contribution in [0.15, 0.2) is 20.3 Å². The number of hydrogen-bond donors (Lipinski definition) is 2. The maximum absolute atomic E-state index is 11.6. The fourth-order valence-corrected chi connectivity index (χ4v) is 2.15. The second kappa shape index (κ2) is 5.16. The lowest BCUT2D eigenvalue weighted by Crippen LogP contribution is -2.36. The van der Waals surface area contributed by atoms with Gasteiger partial charge in [0.25, 0.3) is 5.56 Å². The van der Waals surface area contributed by atoms with Crippen molar-refractivity contribution in [3.05, 3.63) is 31.5 Å². The number of nitrogens with one attached hydrogen (secondary N) is 1. The van der Waals surface area contributed by atoms with Crippen molar-refractivity contribution in [2.24, 2.45) is 5.92 Å². The molecular formula is C10H13BrN2O4. The van der Waals surface area contributed by atoms with Gasteiger partial charge in [-0.05, 0) is 28.8 Å². The van der Waals surface area contributed by atoms with Gasteiger partial charge in [-0.15, -0.1) is 0 Å². The lowest BCUT2D eigenvalue weighted by molar-refractivity contribution is -0.0710. The average molecular weight is 305 g/mol. The first-order valence-electron chi connectivity index (χ1n) is 5.35. The molecule has 1 saturated heterocycles. The summed E-state index contributed by atoms with van der Waals surface area (Å²) in [7, 11) is 0. The molecule has 0 aliphatic carbocycles. The van der Waals surface area contributed by atoms with E-state index in [9.17, 15) is 9.59 Å². The highest BCUT2D eigenvalue weighted by atomic mass is 79.9. The van der Waals surface area contributed by atoms with E-state index in [0.717, 1.165) is 6.42 Å². The number of hydrogen-bond acceptors (Lipinski definition) is 4. The zero-order valence-corrected chi connectivity index (χ0v) is 10.6. The van der Waals surface area contributed by atoms with Crippen LogP contribution < -0.4 is 11.2 Å². The van der Waals surface area contributed by atoms with Gasteiger partial charge in [0.1, 0.15) is 6.23 Å². The van der Waals surface area contributed by atoms with Crippen LogP contribution in [0, 0.1) is 5.92 Å². The second-order valence-electron chi connectivity index (χ2n) is 4.06. The van der Waals surface area contributed by atoms with Crippen LogP contribution in [0.2, 0.25) is 0 Å². The molecule has 6 nitrogen and oxygen atoms in total. The fraction of sp³-hybridized carbons (Fsp3) is 0.600. The topological polar surface area (TPSA) is 84.3 Å². The van der Waals surface area contributed by atoms with Crippen molar-refractivity contribution in [2.75, 3.05) is 13.2 Å². The van der Waals surface area contributed by atoms with E-state index in [0.29, 0.717) is 17.5 Å². The summed E-state index contributed by atoms with van der Waals surface area (Å²) >= 11 is 3.07. The Bertz CT molecular complexity index is 502. The van der Waals surface area contributed by atoms with Crippen molar-refractivity contribution in [3.63, 3.8) is 0 Å². The molecule has 0 amide bonds. The van der Waals surface area contributed by atoms with Crippen LogP contribution in [0.5, 0.6) is 0 Å². The van der Waals surface area contributed by atoms with Gasteiger partial charge in [-0.1, -0.05) is 0 Å². The van der Waals surface area contributed by atoms with Crippen molar-refractivity contribution in [1.29, 1.82) is 0 Å². The molecule has 1 aliphatic rings. The first kappa shape index (κ1) is 12.5. The molecule has 2 unspecified atom stereocenters. The Morgan fingerprint density at radius 1 is 1.53 bits per heavy atom. The summed E-state index contributed by atoms with van der Waals surface area (Å²) in [5, 5.41) is 8.98. The van der Waals surface area contributed by atoms with Gasteiger partial charge < -0.3 is 9.84 Å². The van der Waals surface area contributed by atoms with Gasteiger partial charge in [0.05, 0.1) is 11.1 Å². The largest absolute Gasteiger partial charge is 0.396 e. The van der Waals surface area contributed by atoms with E-state index in [4.69, 9.17) is 9.84 Å². The molecule has 0 radical (unpaired) electrons. The number of halogens is 1. The van der Waals surface area contributed by atoms with Crippen LogP contribution in [0.4, 0.5) is 0 Å². The monoisotopic (exact) mass is 304 g/mol. The number of aliphatic hydroxyl groups is 1. The maximum Gasteiger partial charge on any atom is 0.330 e. The van der Waals surface area contributed by atoms with E-state index < -0.39 is 11.2 Å². The van der Waals surface area contributed by atoms with E-state index in [2.05, 4.69) is 20.9 Å². The van der Waals surface area contributed by atoms with Crippen molar-refractivity contribution in [3.8, 4) is 0 Å². The Hall–Kier alpha value is -0.920. The molecule has 2 heterocycles. The zero-order valence-electron chi connectivity index (χ0n) is 9.06. The SMILES string of the molecule is O=c1[nH]c(=O)n(C2CCC(CO)CO2)cc1Br. The molecule has 7 heteroatoms. The average Bonchev–Trinajstić information content (AvgIpc) is 2.34. The van der Waals surface area contributed by atoms with Crippen molar-refractivity contribution in [2.45, 2.75) is 19.1 Å². The minimum Gasteiger partial charge on any atom is -0.396 e. The van der Waals surface area contributed by atoms with Gasteiger partial charge in [0, 0.05) is 18.7 Å². The predicted molar refractivity (Wildman–Crippen MR) is 63.8 cm³/mol. The third-order valence-electron chi connectivity index (χ3n) is 2.84. The van der Waals surface area contributed by atoms with Gasteiger partial charge in [-0.25, -0.2) is 4.79 Å². The summed E-state index contributed by atoms with van der Waals surface area (Å²) in [6, 6.07) is 0. The first-order chi connectivity index (χ1) is 8.11. The van der Waals surface area contributed by atoms with Gasteiger partial charge in [0.2, 0.25) is 0 Å². The van der Waals surface area contributed by atoms with Gasteiger partial charge >= 0.3 is 5.69 Å².